The number of imidazole rings is 1. The Labute approximate surface area is 144 Å². The summed E-state index contributed by atoms with van der Waals surface area (Å²) in [6.07, 6.45) is 7.04. The molecule has 3 heterocycles. The van der Waals surface area contributed by atoms with Crippen molar-refractivity contribution in [1.29, 1.82) is 0 Å². The summed E-state index contributed by atoms with van der Waals surface area (Å²) in [6, 6.07) is 0. The van der Waals surface area contributed by atoms with Gasteiger partial charge in [-0.25, -0.2) is 15.0 Å². The van der Waals surface area contributed by atoms with Crippen LogP contribution in [0.4, 0.5) is 5.82 Å². The third kappa shape index (κ3) is 2.84. The van der Waals surface area contributed by atoms with Gasteiger partial charge in [0.15, 0.2) is 0 Å². The second-order valence-corrected chi connectivity index (χ2v) is 6.80. The fourth-order valence-corrected chi connectivity index (χ4v) is 2.82. The highest BCUT2D eigenvalue weighted by molar-refractivity contribution is 6.10. The predicted octanol–water partition coefficient (Wildman–Crippen LogP) is 2.16. The van der Waals surface area contributed by atoms with Crippen LogP contribution < -0.4 is 10.6 Å². The molecule has 1 aliphatic carbocycles. The lowest BCUT2D eigenvalue weighted by molar-refractivity contribution is 0.0950. The monoisotopic (exact) mass is 340 g/mol. The van der Waals surface area contributed by atoms with E-state index >= 15 is 0 Å². The maximum absolute atomic E-state index is 12.8. The van der Waals surface area contributed by atoms with Crippen molar-refractivity contribution in [2.75, 3.05) is 5.32 Å². The van der Waals surface area contributed by atoms with Gasteiger partial charge in [-0.1, -0.05) is 0 Å². The van der Waals surface area contributed by atoms with E-state index in [1.54, 1.807) is 19.4 Å². The summed E-state index contributed by atoms with van der Waals surface area (Å²) >= 11 is 0. The number of hydrogen-bond donors (Lipinski definition) is 2. The lowest BCUT2D eigenvalue weighted by atomic mass is 10.1. The molecule has 0 aliphatic heterocycles. The normalized spacial score (nSPS) is 15.3. The SMILES string of the molecule is Cc1oc2ncnc(NC3(C)CC3)c2c1C(=O)NCc1cncn1C. The summed E-state index contributed by atoms with van der Waals surface area (Å²) in [6.45, 7) is 4.29. The standard InChI is InChI=1S/C17H20N6O2/c1-10-12(15(24)19-7-11-6-18-9-23(11)3)13-14(22-17(2)4-5-17)20-8-21-16(13)25-10/h6,8-9H,4-5,7H2,1-3H3,(H,19,24)(H,20,21,22). The molecule has 1 saturated carbocycles. The summed E-state index contributed by atoms with van der Waals surface area (Å²) in [5, 5.41) is 6.98. The van der Waals surface area contributed by atoms with Crippen molar-refractivity contribution in [2.24, 2.45) is 7.05 Å². The van der Waals surface area contributed by atoms with Gasteiger partial charge in [0.05, 0.1) is 29.5 Å². The van der Waals surface area contributed by atoms with Crippen molar-refractivity contribution < 1.29 is 9.21 Å². The Kier molecular flexibility index (Phi) is 3.48. The van der Waals surface area contributed by atoms with E-state index in [2.05, 4.69) is 32.5 Å². The molecule has 1 aliphatic rings. The Bertz CT molecular complexity index is 953. The van der Waals surface area contributed by atoms with Crippen LogP contribution in [0.5, 0.6) is 0 Å². The summed E-state index contributed by atoms with van der Waals surface area (Å²) in [7, 11) is 1.89. The number of hydrogen-bond acceptors (Lipinski definition) is 6. The lowest BCUT2D eigenvalue weighted by Gasteiger charge is -2.13. The summed E-state index contributed by atoms with van der Waals surface area (Å²) < 4.78 is 7.55. The van der Waals surface area contributed by atoms with E-state index in [0.29, 0.717) is 34.8 Å². The number of amides is 1. The van der Waals surface area contributed by atoms with Gasteiger partial charge in [-0.15, -0.1) is 0 Å². The second-order valence-electron chi connectivity index (χ2n) is 6.80. The van der Waals surface area contributed by atoms with Crippen LogP contribution in [0.2, 0.25) is 0 Å². The highest BCUT2D eigenvalue weighted by Crippen LogP contribution is 2.40. The van der Waals surface area contributed by atoms with Crippen LogP contribution in [0.1, 0.15) is 41.6 Å². The van der Waals surface area contributed by atoms with Gasteiger partial charge in [0.25, 0.3) is 5.91 Å². The molecule has 3 aromatic rings. The van der Waals surface area contributed by atoms with Crippen molar-refractivity contribution >= 4 is 22.8 Å². The summed E-state index contributed by atoms with van der Waals surface area (Å²) in [5.74, 6) is 0.964. The van der Waals surface area contributed by atoms with E-state index in [1.165, 1.54) is 6.33 Å². The number of carbonyl (C=O) groups is 1. The molecule has 0 radical (unpaired) electrons. The van der Waals surface area contributed by atoms with Gasteiger partial charge in [0, 0.05) is 18.8 Å². The van der Waals surface area contributed by atoms with Crippen molar-refractivity contribution in [3.8, 4) is 0 Å². The number of nitrogens with zero attached hydrogens (tertiary/aromatic N) is 4. The zero-order valence-electron chi connectivity index (χ0n) is 14.5. The summed E-state index contributed by atoms with van der Waals surface area (Å²) in [5.41, 5.74) is 1.85. The molecule has 1 amide bonds. The predicted molar refractivity (Wildman–Crippen MR) is 92.2 cm³/mol. The number of fused-ring (bicyclic) bond motifs is 1. The first kappa shape index (κ1) is 15.6. The van der Waals surface area contributed by atoms with Crippen LogP contribution in [0.3, 0.4) is 0 Å². The minimum atomic E-state index is -0.212. The quantitative estimate of drug-likeness (QED) is 0.738. The molecule has 0 aromatic carbocycles. The molecule has 0 bridgehead atoms. The number of furan rings is 1. The zero-order chi connectivity index (χ0) is 17.6. The van der Waals surface area contributed by atoms with E-state index in [1.807, 2.05) is 11.6 Å². The Balaban J connectivity index is 1.67. The highest BCUT2D eigenvalue weighted by Gasteiger charge is 2.38. The van der Waals surface area contributed by atoms with E-state index < -0.39 is 0 Å². The number of aryl methyl sites for hydroxylation is 2. The van der Waals surface area contributed by atoms with Crippen LogP contribution >= 0.6 is 0 Å². The van der Waals surface area contributed by atoms with E-state index in [0.717, 1.165) is 18.5 Å². The topological polar surface area (TPSA) is 97.9 Å². The van der Waals surface area contributed by atoms with Crippen LogP contribution in [-0.2, 0) is 13.6 Å². The number of anilines is 1. The van der Waals surface area contributed by atoms with Crippen LogP contribution in [-0.4, -0.2) is 31.0 Å². The Morgan fingerprint density at radius 1 is 1.40 bits per heavy atom. The van der Waals surface area contributed by atoms with E-state index in [-0.39, 0.29) is 11.4 Å². The number of rotatable bonds is 5. The molecular weight excluding hydrogens is 320 g/mol. The van der Waals surface area contributed by atoms with Gasteiger partial charge in [-0.3, -0.25) is 4.79 Å². The lowest BCUT2D eigenvalue weighted by Crippen LogP contribution is -2.25. The molecular formula is C17H20N6O2. The molecule has 0 atom stereocenters. The third-order valence-corrected chi connectivity index (χ3v) is 4.66. The van der Waals surface area contributed by atoms with Crippen molar-refractivity contribution in [3.05, 3.63) is 35.9 Å². The largest absolute Gasteiger partial charge is 0.442 e. The van der Waals surface area contributed by atoms with Gasteiger partial charge in [-0.05, 0) is 26.7 Å². The maximum atomic E-state index is 12.8. The smallest absolute Gasteiger partial charge is 0.255 e. The number of nitrogens with one attached hydrogen (secondary N) is 2. The first-order valence-electron chi connectivity index (χ1n) is 8.22. The molecule has 130 valence electrons. The average Bonchev–Trinajstić information content (AvgIpc) is 3.00. The van der Waals surface area contributed by atoms with Gasteiger partial charge in [-0.2, -0.15) is 0 Å². The van der Waals surface area contributed by atoms with Crippen LogP contribution in [0.25, 0.3) is 11.1 Å². The van der Waals surface area contributed by atoms with Gasteiger partial charge in [0.2, 0.25) is 5.71 Å². The summed E-state index contributed by atoms with van der Waals surface area (Å²) in [4.78, 5) is 25.4. The zero-order valence-corrected chi connectivity index (χ0v) is 14.5. The molecule has 0 spiro atoms. The van der Waals surface area contributed by atoms with Gasteiger partial charge >= 0.3 is 0 Å². The van der Waals surface area contributed by atoms with Crippen LogP contribution in [0.15, 0.2) is 23.3 Å². The Morgan fingerprint density at radius 2 is 2.20 bits per heavy atom. The maximum Gasteiger partial charge on any atom is 0.255 e. The van der Waals surface area contributed by atoms with Crippen molar-refractivity contribution in [2.45, 2.75) is 38.8 Å². The molecule has 0 saturated heterocycles. The Hall–Kier alpha value is -2.90. The Morgan fingerprint density at radius 3 is 2.88 bits per heavy atom. The average molecular weight is 340 g/mol. The first-order valence-corrected chi connectivity index (χ1v) is 8.22. The molecule has 4 rings (SSSR count). The van der Waals surface area contributed by atoms with Gasteiger partial charge in [0.1, 0.15) is 17.9 Å². The van der Waals surface area contributed by atoms with Crippen LogP contribution in [0, 0.1) is 6.92 Å². The second kappa shape index (κ2) is 5.58. The molecule has 8 nitrogen and oxygen atoms in total. The van der Waals surface area contributed by atoms with Crippen molar-refractivity contribution in [3.63, 3.8) is 0 Å². The van der Waals surface area contributed by atoms with E-state index in [9.17, 15) is 4.79 Å². The van der Waals surface area contributed by atoms with E-state index in [4.69, 9.17) is 4.42 Å². The van der Waals surface area contributed by atoms with Crippen molar-refractivity contribution in [1.82, 2.24) is 24.8 Å². The molecule has 8 heteroatoms. The molecule has 0 unspecified atom stereocenters. The molecule has 1 fully saturated rings. The molecule has 25 heavy (non-hydrogen) atoms. The first-order chi connectivity index (χ1) is 12.0. The molecule has 2 N–H and O–H groups in total. The minimum Gasteiger partial charge on any atom is -0.442 e. The molecule has 3 aromatic heterocycles. The number of carbonyl (C=O) groups excluding carboxylic acids is 1. The minimum absolute atomic E-state index is 0.0366. The van der Waals surface area contributed by atoms with Gasteiger partial charge < -0.3 is 19.6 Å². The number of aromatic nitrogens is 4. The fourth-order valence-electron chi connectivity index (χ4n) is 2.82. The fraction of sp³-hybridized carbons (Fsp3) is 0.412. The third-order valence-electron chi connectivity index (χ3n) is 4.66. The highest BCUT2D eigenvalue weighted by atomic mass is 16.3.